The van der Waals surface area contributed by atoms with E-state index in [1.54, 1.807) is 0 Å². The van der Waals surface area contributed by atoms with Crippen LogP contribution in [0.5, 0.6) is 0 Å². The molecule has 0 radical (unpaired) electrons. The minimum atomic E-state index is -0.333. The van der Waals surface area contributed by atoms with E-state index in [0.29, 0.717) is 6.54 Å². The number of aliphatic hydroxyl groups is 1. The van der Waals surface area contributed by atoms with Crippen molar-refractivity contribution >= 4 is 5.91 Å². The highest BCUT2D eigenvalue weighted by Crippen LogP contribution is 2.01. The Morgan fingerprint density at radius 1 is 1.46 bits per heavy atom. The number of nitrogens with one attached hydrogen (secondary N) is 1. The summed E-state index contributed by atoms with van der Waals surface area (Å²) in [7, 11) is 0. The summed E-state index contributed by atoms with van der Waals surface area (Å²) in [6.45, 7) is 6.52. The first-order valence-electron chi connectivity index (χ1n) is 4.62. The molecule has 2 unspecified atom stereocenters. The van der Waals surface area contributed by atoms with Gasteiger partial charge in [0.2, 0.25) is 5.91 Å². The topological polar surface area (TPSA) is 75.3 Å². The van der Waals surface area contributed by atoms with Gasteiger partial charge in [-0.2, -0.15) is 0 Å². The quantitative estimate of drug-likeness (QED) is 0.536. The van der Waals surface area contributed by atoms with Crippen LogP contribution in [0.1, 0.15) is 20.8 Å². The molecular formula is C9H20N2O2. The van der Waals surface area contributed by atoms with E-state index in [1.165, 1.54) is 0 Å². The molecule has 0 aromatic rings. The third kappa shape index (κ3) is 4.85. The Kier molecular flexibility index (Phi) is 5.66. The molecule has 0 aromatic heterocycles. The van der Waals surface area contributed by atoms with Crippen LogP contribution in [0.15, 0.2) is 0 Å². The molecule has 0 fully saturated rings. The third-order valence-electron chi connectivity index (χ3n) is 1.97. The lowest BCUT2D eigenvalue weighted by Crippen LogP contribution is -2.46. The van der Waals surface area contributed by atoms with Gasteiger partial charge in [-0.15, -0.1) is 0 Å². The highest BCUT2D eigenvalue weighted by atomic mass is 16.3. The Hall–Kier alpha value is -0.610. The molecule has 2 atom stereocenters. The van der Waals surface area contributed by atoms with Crippen LogP contribution < -0.4 is 11.1 Å². The Balaban J connectivity index is 3.90. The van der Waals surface area contributed by atoms with Crippen molar-refractivity contribution < 1.29 is 9.90 Å². The van der Waals surface area contributed by atoms with Gasteiger partial charge in [0, 0.05) is 13.2 Å². The Bertz CT molecular complexity index is 160. The molecule has 4 N–H and O–H groups in total. The fourth-order valence-electron chi connectivity index (χ4n) is 1.06. The second-order valence-electron chi connectivity index (χ2n) is 3.82. The summed E-state index contributed by atoms with van der Waals surface area (Å²) in [5, 5.41) is 11.8. The lowest BCUT2D eigenvalue weighted by Gasteiger charge is -2.20. The molecule has 0 aromatic carbocycles. The van der Waals surface area contributed by atoms with Gasteiger partial charge in [0.05, 0.1) is 6.04 Å². The van der Waals surface area contributed by atoms with Crippen molar-refractivity contribution in [1.82, 2.24) is 5.32 Å². The Morgan fingerprint density at radius 3 is 2.31 bits per heavy atom. The lowest BCUT2D eigenvalue weighted by atomic mass is 10.0. The van der Waals surface area contributed by atoms with Crippen LogP contribution in [0.3, 0.4) is 0 Å². The van der Waals surface area contributed by atoms with Gasteiger partial charge in [0.25, 0.3) is 0 Å². The van der Waals surface area contributed by atoms with Gasteiger partial charge in [0.1, 0.15) is 0 Å². The smallest absolute Gasteiger partial charge is 0.234 e. The van der Waals surface area contributed by atoms with Crippen molar-refractivity contribution in [3.63, 3.8) is 0 Å². The monoisotopic (exact) mass is 188 g/mol. The number of hydrogen-bond donors (Lipinski definition) is 3. The first-order valence-corrected chi connectivity index (χ1v) is 4.62. The molecular weight excluding hydrogens is 168 g/mol. The molecule has 0 bridgehead atoms. The second-order valence-corrected chi connectivity index (χ2v) is 3.82. The van der Waals surface area contributed by atoms with Crippen molar-refractivity contribution in [1.29, 1.82) is 0 Å². The number of carbonyl (C=O) groups excluding carboxylic acids is 1. The van der Waals surface area contributed by atoms with Crippen LogP contribution in [-0.4, -0.2) is 30.2 Å². The number of rotatable bonds is 6. The number of aliphatic hydroxyl groups excluding tert-OH is 1. The van der Waals surface area contributed by atoms with Crippen molar-refractivity contribution in [2.45, 2.75) is 26.8 Å². The van der Waals surface area contributed by atoms with E-state index in [4.69, 9.17) is 10.8 Å². The van der Waals surface area contributed by atoms with Crippen LogP contribution in [0.2, 0.25) is 0 Å². The third-order valence-corrected chi connectivity index (χ3v) is 1.97. The predicted molar refractivity (Wildman–Crippen MR) is 52.1 cm³/mol. The van der Waals surface area contributed by atoms with Crippen molar-refractivity contribution in [2.24, 2.45) is 17.6 Å². The summed E-state index contributed by atoms with van der Waals surface area (Å²) in [6.07, 6.45) is 0. The van der Waals surface area contributed by atoms with Crippen molar-refractivity contribution in [2.75, 3.05) is 13.2 Å². The molecule has 4 nitrogen and oxygen atoms in total. The van der Waals surface area contributed by atoms with E-state index in [1.807, 2.05) is 20.8 Å². The van der Waals surface area contributed by atoms with Crippen LogP contribution >= 0.6 is 0 Å². The minimum Gasteiger partial charge on any atom is -0.396 e. The zero-order valence-electron chi connectivity index (χ0n) is 8.58. The van der Waals surface area contributed by atoms with Gasteiger partial charge in [-0.05, 0) is 11.8 Å². The Morgan fingerprint density at radius 2 is 2.00 bits per heavy atom. The molecule has 0 aliphatic carbocycles. The van der Waals surface area contributed by atoms with Gasteiger partial charge in [-0.1, -0.05) is 20.8 Å². The number of carbonyl (C=O) groups is 1. The summed E-state index contributed by atoms with van der Waals surface area (Å²) >= 11 is 0. The Labute approximate surface area is 79.5 Å². The van der Waals surface area contributed by atoms with Crippen molar-refractivity contribution in [3.05, 3.63) is 0 Å². The zero-order chi connectivity index (χ0) is 10.4. The fourth-order valence-corrected chi connectivity index (χ4v) is 1.06. The van der Waals surface area contributed by atoms with Crippen LogP contribution in [0.25, 0.3) is 0 Å². The predicted octanol–water partition coefficient (Wildman–Crippen LogP) is -0.286. The van der Waals surface area contributed by atoms with Gasteiger partial charge in [0.15, 0.2) is 0 Å². The average molecular weight is 188 g/mol. The number of nitrogens with two attached hydrogens (primary N) is 1. The first-order chi connectivity index (χ1) is 5.99. The summed E-state index contributed by atoms with van der Waals surface area (Å²) in [6, 6.07) is -0.297. The summed E-state index contributed by atoms with van der Waals surface area (Å²) in [5.74, 6) is 0.00383. The summed E-state index contributed by atoms with van der Waals surface area (Å²) in [4.78, 5) is 10.9. The van der Waals surface area contributed by atoms with E-state index in [-0.39, 0.29) is 30.4 Å². The van der Waals surface area contributed by atoms with Gasteiger partial charge in [-0.3, -0.25) is 4.79 Å². The van der Waals surface area contributed by atoms with E-state index < -0.39 is 0 Å². The highest BCUT2D eigenvalue weighted by Gasteiger charge is 2.18. The van der Waals surface area contributed by atoms with Crippen LogP contribution in [0, 0.1) is 11.8 Å². The van der Waals surface area contributed by atoms with Crippen LogP contribution in [-0.2, 0) is 4.79 Å². The minimum absolute atomic E-state index is 0.122. The summed E-state index contributed by atoms with van der Waals surface area (Å²) in [5.41, 5.74) is 5.20. The van der Waals surface area contributed by atoms with E-state index >= 15 is 0 Å². The molecule has 13 heavy (non-hydrogen) atoms. The highest BCUT2D eigenvalue weighted by molar-refractivity contribution is 5.80. The standard InChI is InChI=1S/C9H20N2O2/c1-6(2)8(9(10)13)11-4-7(3)5-12/h6-8,11-12H,4-5H2,1-3H3,(H2,10,13). The molecule has 0 spiro atoms. The first kappa shape index (κ1) is 12.4. The molecule has 4 heteroatoms. The second kappa shape index (κ2) is 5.94. The molecule has 1 amide bonds. The van der Waals surface area contributed by atoms with Crippen molar-refractivity contribution in [3.8, 4) is 0 Å². The number of hydrogen-bond acceptors (Lipinski definition) is 3. The zero-order valence-corrected chi connectivity index (χ0v) is 8.58. The van der Waals surface area contributed by atoms with E-state index in [2.05, 4.69) is 5.32 Å². The molecule has 78 valence electrons. The maximum atomic E-state index is 10.9. The maximum Gasteiger partial charge on any atom is 0.234 e. The van der Waals surface area contributed by atoms with Gasteiger partial charge in [-0.25, -0.2) is 0 Å². The van der Waals surface area contributed by atoms with E-state index in [0.717, 1.165) is 0 Å². The van der Waals surface area contributed by atoms with E-state index in [9.17, 15) is 4.79 Å². The number of amides is 1. The molecule has 0 saturated heterocycles. The number of primary amides is 1. The van der Waals surface area contributed by atoms with Gasteiger partial charge < -0.3 is 16.2 Å². The normalized spacial score (nSPS) is 15.8. The summed E-state index contributed by atoms with van der Waals surface area (Å²) < 4.78 is 0. The van der Waals surface area contributed by atoms with Gasteiger partial charge >= 0.3 is 0 Å². The largest absolute Gasteiger partial charge is 0.396 e. The lowest BCUT2D eigenvalue weighted by molar-refractivity contribution is -0.121. The molecule has 0 rings (SSSR count). The molecule has 0 saturated carbocycles. The molecule has 0 heterocycles. The maximum absolute atomic E-state index is 10.9. The van der Waals surface area contributed by atoms with Crippen LogP contribution in [0.4, 0.5) is 0 Å². The SMILES string of the molecule is CC(CO)CNC(C(N)=O)C(C)C. The fraction of sp³-hybridized carbons (Fsp3) is 0.889. The molecule has 0 aliphatic heterocycles. The molecule has 0 aliphatic rings. The average Bonchev–Trinajstić information content (AvgIpc) is 2.03.